The molecule has 0 aromatic heterocycles. The maximum atomic E-state index is 11.1. The van der Waals surface area contributed by atoms with Gasteiger partial charge in [-0.2, -0.15) is 0 Å². The largest absolute Gasteiger partial charge is 0.508 e. The van der Waals surface area contributed by atoms with Crippen LogP contribution in [-0.4, -0.2) is 28.3 Å². The van der Waals surface area contributed by atoms with Crippen molar-refractivity contribution in [2.45, 2.75) is 12.1 Å². The predicted molar refractivity (Wildman–Crippen MR) is 53.9 cm³/mol. The Kier molecular flexibility index (Phi) is 2.40. The zero-order valence-corrected chi connectivity index (χ0v) is 8.18. The van der Waals surface area contributed by atoms with E-state index in [0.29, 0.717) is 5.56 Å². The molecule has 1 aromatic carbocycles. The Morgan fingerprint density at radius 1 is 1.31 bits per heavy atom. The van der Waals surface area contributed by atoms with Crippen LogP contribution in [0.5, 0.6) is 5.75 Å². The van der Waals surface area contributed by atoms with Gasteiger partial charge in [0.25, 0.3) is 0 Å². The van der Waals surface area contributed by atoms with Crippen LogP contribution >= 0.6 is 0 Å². The average Bonchev–Trinajstić information content (AvgIpc) is 2.60. The molecule has 6 nitrogen and oxygen atoms in total. The monoisotopic (exact) mass is 222 g/mol. The maximum Gasteiger partial charge on any atom is 0.328 e. The molecule has 0 saturated carbocycles. The van der Waals surface area contributed by atoms with Crippen molar-refractivity contribution < 1.29 is 19.8 Å². The molecule has 0 bridgehead atoms. The first kappa shape index (κ1) is 10.3. The zero-order valence-electron chi connectivity index (χ0n) is 8.18. The van der Waals surface area contributed by atoms with E-state index in [-0.39, 0.29) is 5.75 Å². The van der Waals surface area contributed by atoms with Crippen LogP contribution in [0.1, 0.15) is 11.6 Å². The summed E-state index contributed by atoms with van der Waals surface area (Å²) in [5.41, 5.74) is 0.547. The van der Waals surface area contributed by atoms with Crippen LogP contribution in [-0.2, 0) is 4.79 Å². The van der Waals surface area contributed by atoms with Gasteiger partial charge in [0, 0.05) is 0 Å². The highest BCUT2D eigenvalue weighted by atomic mass is 16.4. The highest BCUT2D eigenvalue weighted by Crippen LogP contribution is 2.23. The quantitative estimate of drug-likeness (QED) is 0.574. The summed E-state index contributed by atoms with van der Waals surface area (Å²) in [5, 5.41) is 23.0. The molecule has 1 heterocycles. The number of aliphatic carboxylic acids is 1. The molecule has 1 aliphatic rings. The molecule has 16 heavy (non-hydrogen) atoms. The van der Waals surface area contributed by atoms with Crippen LogP contribution in [0.3, 0.4) is 0 Å². The first-order valence-electron chi connectivity index (χ1n) is 4.66. The van der Waals surface area contributed by atoms with E-state index in [4.69, 9.17) is 5.11 Å². The fraction of sp³-hybridized carbons (Fsp3) is 0.200. The second kappa shape index (κ2) is 3.73. The molecule has 4 N–H and O–H groups in total. The van der Waals surface area contributed by atoms with Gasteiger partial charge < -0.3 is 20.8 Å². The van der Waals surface area contributed by atoms with Gasteiger partial charge in [0.2, 0.25) is 0 Å². The third-order valence-electron chi connectivity index (χ3n) is 2.40. The van der Waals surface area contributed by atoms with Crippen LogP contribution in [0.25, 0.3) is 0 Å². The van der Waals surface area contributed by atoms with Gasteiger partial charge in [-0.05, 0) is 17.7 Å². The minimum Gasteiger partial charge on any atom is -0.508 e. The Morgan fingerprint density at radius 2 is 2.06 bits per heavy atom. The second-order valence-electron chi connectivity index (χ2n) is 3.51. The highest BCUT2D eigenvalue weighted by Gasteiger charge is 2.37. The van der Waals surface area contributed by atoms with Crippen LogP contribution in [0.15, 0.2) is 24.3 Å². The third kappa shape index (κ3) is 1.77. The number of hydrogen-bond donors (Lipinski definition) is 4. The van der Waals surface area contributed by atoms with E-state index < -0.39 is 24.1 Å². The van der Waals surface area contributed by atoms with Crippen molar-refractivity contribution in [3.8, 4) is 5.75 Å². The number of urea groups is 1. The molecule has 84 valence electrons. The van der Waals surface area contributed by atoms with E-state index in [9.17, 15) is 14.7 Å². The first-order chi connectivity index (χ1) is 7.58. The van der Waals surface area contributed by atoms with Crippen molar-refractivity contribution in [2.24, 2.45) is 0 Å². The molecule has 0 spiro atoms. The molecule has 1 aliphatic heterocycles. The Balaban J connectivity index is 2.32. The van der Waals surface area contributed by atoms with E-state index in [1.807, 2.05) is 0 Å². The van der Waals surface area contributed by atoms with E-state index in [2.05, 4.69) is 10.6 Å². The Bertz CT molecular complexity index is 446. The summed E-state index contributed by atoms with van der Waals surface area (Å²) in [6, 6.07) is 3.92. The Morgan fingerprint density at radius 3 is 2.69 bits per heavy atom. The van der Waals surface area contributed by atoms with Crippen LogP contribution in [0.4, 0.5) is 4.79 Å². The van der Waals surface area contributed by atoms with Crippen molar-refractivity contribution in [3.63, 3.8) is 0 Å². The zero-order chi connectivity index (χ0) is 11.7. The van der Waals surface area contributed by atoms with Gasteiger partial charge in [-0.3, -0.25) is 0 Å². The lowest BCUT2D eigenvalue weighted by Crippen LogP contribution is -2.35. The molecule has 0 radical (unpaired) electrons. The van der Waals surface area contributed by atoms with E-state index in [1.165, 1.54) is 12.1 Å². The molecule has 2 atom stereocenters. The average molecular weight is 222 g/mol. The third-order valence-corrected chi connectivity index (χ3v) is 2.40. The van der Waals surface area contributed by atoms with Crippen LogP contribution in [0.2, 0.25) is 0 Å². The van der Waals surface area contributed by atoms with Gasteiger partial charge in [0.05, 0.1) is 6.04 Å². The molecule has 1 saturated heterocycles. The predicted octanol–water partition coefficient (Wildman–Crippen LogP) is 0.199. The van der Waals surface area contributed by atoms with E-state index in [0.717, 1.165) is 0 Å². The smallest absolute Gasteiger partial charge is 0.328 e. The number of phenols is 1. The standard InChI is InChI=1S/C10H10N2O4/c13-6-3-1-2-5(4-6)7-8(9(14)15)12-10(16)11-7/h1-4,7-8,13H,(H,14,15)(H2,11,12,16). The Labute approximate surface area is 90.9 Å². The lowest BCUT2D eigenvalue weighted by atomic mass is 10.0. The minimum atomic E-state index is -1.12. The van der Waals surface area contributed by atoms with Crippen molar-refractivity contribution in [1.82, 2.24) is 10.6 Å². The number of rotatable bonds is 2. The molecule has 1 aromatic rings. The lowest BCUT2D eigenvalue weighted by Gasteiger charge is -2.14. The van der Waals surface area contributed by atoms with Gasteiger partial charge in [-0.1, -0.05) is 12.1 Å². The summed E-state index contributed by atoms with van der Waals surface area (Å²) in [6.45, 7) is 0. The first-order valence-corrected chi connectivity index (χ1v) is 4.66. The number of hydrogen-bond acceptors (Lipinski definition) is 3. The van der Waals surface area contributed by atoms with Crippen LogP contribution < -0.4 is 10.6 Å². The fourth-order valence-corrected chi connectivity index (χ4v) is 1.69. The molecular weight excluding hydrogens is 212 g/mol. The number of benzene rings is 1. The molecule has 6 heteroatoms. The number of carboxylic acids is 1. The van der Waals surface area contributed by atoms with Gasteiger partial charge in [0.15, 0.2) is 6.04 Å². The second-order valence-corrected chi connectivity index (χ2v) is 3.51. The number of carbonyl (C=O) groups is 2. The molecule has 2 unspecified atom stereocenters. The number of carboxylic acid groups (broad SMARTS) is 1. The Hall–Kier alpha value is -2.24. The van der Waals surface area contributed by atoms with Crippen molar-refractivity contribution in [3.05, 3.63) is 29.8 Å². The summed E-state index contributed by atoms with van der Waals surface area (Å²) in [5.74, 6) is -1.09. The summed E-state index contributed by atoms with van der Waals surface area (Å²) < 4.78 is 0. The minimum absolute atomic E-state index is 0.0304. The SMILES string of the molecule is O=C1NC(C(=O)O)C(c2cccc(O)c2)N1. The number of nitrogens with one attached hydrogen (secondary N) is 2. The molecular formula is C10H10N2O4. The van der Waals surface area contributed by atoms with Crippen molar-refractivity contribution >= 4 is 12.0 Å². The van der Waals surface area contributed by atoms with Gasteiger partial charge >= 0.3 is 12.0 Å². The summed E-state index contributed by atoms with van der Waals surface area (Å²) >= 11 is 0. The van der Waals surface area contributed by atoms with Gasteiger partial charge in [-0.25, -0.2) is 9.59 Å². The van der Waals surface area contributed by atoms with Crippen molar-refractivity contribution in [1.29, 1.82) is 0 Å². The molecule has 0 aliphatic carbocycles. The molecule has 2 rings (SSSR count). The number of phenolic OH excluding ortho intramolecular Hbond substituents is 1. The van der Waals surface area contributed by atoms with E-state index >= 15 is 0 Å². The fourth-order valence-electron chi connectivity index (χ4n) is 1.69. The lowest BCUT2D eigenvalue weighted by molar-refractivity contribution is -0.139. The van der Waals surface area contributed by atoms with E-state index in [1.54, 1.807) is 12.1 Å². The number of carbonyl (C=O) groups excluding carboxylic acids is 1. The van der Waals surface area contributed by atoms with Gasteiger partial charge in [-0.15, -0.1) is 0 Å². The van der Waals surface area contributed by atoms with Crippen LogP contribution in [0, 0.1) is 0 Å². The topological polar surface area (TPSA) is 98.7 Å². The summed E-state index contributed by atoms with van der Waals surface area (Å²) in [7, 11) is 0. The normalized spacial score (nSPS) is 23.6. The number of amides is 2. The highest BCUT2D eigenvalue weighted by molar-refractivity contribution is 5.87. The molecule has 2 amide bonds. The number of aromatic hydroxyl groups is 1. The van der Waals surface area contributed by atoms with Crippen molar-refractivity contribution in [2.75, 3.05) is 0 Å². The van der Waals surface area contributed by atoms with Gasteiger partial charge in [0.1, 0.15) is 5.75 Å². The summed E-state index contributed by atoms with van der Waals surface area (Å²) in [4.78, 5) is 22.0. The summed E-state index contributed by atoms with van der Waals surface area (Å²) in [6.07, 6.45) is 0. The maximum absolute atomic E-state index is 11.1. The molecule has 1 fully saturated rings.